The molecule has 5 nitrogen and oxygen atoms in total. The summed E-state index contributed by atoms with van der Waals surface area (Å²) in [5.74, 6) is -0.684. The number of nitrogens with zero attached hydrogens (tertiary/aromatic N) is 1. The van der Waals surface area contributed by atoms with Crippen molar-refractivity contribution in [3.63, 3.8) is 0 Å². The van der Waals surface area contributed by atoms with E-state index in [0.29, 0.717) is 12.4 Å². The Bertz CT molecular complexity index is 453. The molecule has 1 aliphatic rings. The number of aromatic carboxylic acids is 1. The highest BCUT2D eigenvalue weighted by molar-refractivity contribution is 6.29. The van der Waals surface area contributed by atoms with Crippen molar-refractivity contribution in [1.29, 1.82) is 0 Å². The van der Waals surface area contributed by atoms with Crippen molar-refractivity contribution < 1.29 is 14.6 Å². The molecule has 1 saturated heterocycles. The molecule has 2 heterocycles. The number of ether oxygens (including phenoxy) is 1. The van der Waals surface area contributed by atoms with Gasteiger partial charge in [0.05, 0.1) is 6.10 Å². The number of anilines is 1. The van der Waals surface area contributed by atoms with E-state index in [0.717, 1.165) is 12.8 Å². The number of carboxylic acid groups (broad SMARTS) is 1. The SMILES string of the molecule is CC1CC(Nc2nc(Cl)ccc2C(=O)O)CCO1. The summed E-state index contributed by atoms with van der Waals surface area (Å²) in [6, 6.07) is 3.10. The zero-order valence-corrected chi connectivity index (χ0v) is 10.8. The van der Waals surface area contributed by atoms with Crippen LogP contribution in [0.3, 0.4) is 0 Å². The Balaban J connectivity index is 2.16. The van der Waals surface area contributed by atoms with Gasteiger partial charge in [-0.2, -0.15) is 0 Å². The number of carboxylic acids is 1. The average molecular weight is 271 g/mol. The highest BCUT2D eigenvalue weighted by Gasteiger charge is 2.21. The Hall–Kier alpha value is -1.33. The lowest BCUT2D eigenvalue weighted by Crippen LogP contribution is -2.33. The summed E-state index contributed by atoms with van der Waals surface area (Å²) >= 11 is 5.80. The van der Waals surface area contributed by atoms with Crippen LogP contribution < -0.4 is 5.32 Å². The van der Waals surface area contributed by atoms with Crippen LogP contribution >= 0.6 is 11.6 Å². The molecule has 0 radical (unpaired) electrons. The minimum absolute atomic E-state index is 0.138. The molecular weight excluding hydrogens is 256 g/mol. The summed E-state index contributed by atoms with van der Waals surface area (Å²) in [4.78, 5) is 15.1. The maximum Gasteiger partial charge on any atom is 0.339 e. The van der Waals surface area contributed by atoms with E-state index in [4.69, 9.17) is 21.4 Å². The first kappa shape index (κ1) is 13.1. The molecule has 18 heavy (non-hydrogen) atoms. The molecule has 0 amide bonds. The Labute approximate surface area is 110 Å². The molecule has 98 valence electrons. The van der Waals surface area contributed by atoms with Crippen molar-refractivity contribution in [1.82, 2.24) is 4.98 Å². The predicted molar refractivity (Wildman–Crippen MR) is 68.3 cm³/mol. The van der Waals surface area contributed by atoms with Crippen molar-refractivity contribution in [3.8, 4) is 0 Å². The molecule has 2 rings (SSSR count). The summed E-state index contributed by atoms with van der Waals surface area (Å²) in [5.41, 5.74) is 0.138. The summed E-state index contributed by atoms with van der Waals surface area (Å²) in [6.45, 7) is 2.67. The van der Waals surface area contributed by atoms with Crippen LogP contribution in [-0.4, -0.2) is 34.8 Å². The third kappa shape index (κ3) is 3.11. The fourth-order valence-electron chi connectivity index (χ4n) is 2.04. The van der Waals surface area contributed by atoms with Crippen LogP contribution in [0.5, 0.6) is 0 Å². The Kier molecular flexibility index (Phi) is 4.04. The van der Waals surface area contributed by atoms with Gasteiger partial charge in [-0.25, -0.2) is 9.78 Å². The van der Waals surface area contributed by atoms with Gasteiger partial charge in [0, 0.05) is 12.6 Å². The van der Waals surface area contributed by atoms with Crippen molar-refractivity contribution >= 4 is 23.4 Å². The second kappa shape index (κ2) is 5.54. The van der Waals surface area contributed by atoms with E-state index in [2.05, 4.69) is 10.3 Å². The van der Waals surface area contributed by atoms with Gasteiger partial charge in [-0.05, 0) is 31.9 Å². The summed E-state index contributed by atoms with van der Waals surface area (Å²) in [5, 5.41) is 12.5. The number of hydrogen-bond donors (Lipinski definition) is 2. The zero-order valence-electron chi connectivity index (χ0n) is 10.0. The fraction of sp³-hybridized carbons (Fsp3) is 0.500. The van der Waals surface area contributed by atoms with E-state index in [1.165, 1.54) is 12.1 Å². The molecule has 0 aliphatic carbocycles. The van der Waals surface area contributed by atoms with Crippen molar-refractivity contribution in [2.45, 2.75) is 31.9 Å². The van der Waals surface area contributed by atoms with E-state index in [1.807, 2.05) is 6.92 Å². The molecule has 2 unspecified atom stereocenters. The minimum Gasteiger partial charge on any atom is -0.478 e. The number of rotatable bonds is 3. The Morgan fingerprint density at radius 1 is 1.61 bits per heavy atom. The predicted octanol–water partition coefficient (Wildman–Crippen LogP) is 2.41. The molecule has 2 N–H and O–H groups in total. The number of halogens is 1. The van der Waals surface area contributed by atoms with Gasteiger partial charge in [0.1, 0.15) is 16.5 Å². The van der Waals surface area contributed by atoms with Gasteiger partial charge in [0.15, 0.2) is 0 Å². The van der Waals surface area contributed by atoms with E-state index in [1.54, 1.807) is 0 Å². The lowest BCUT2D eigenvalue weighted by Gasteiger charge is -2.28. The van der Waals surface area contributed by atoms with Crippen LogP contribution in [0.2, 0.25) is 5.15 Å². The second-order valence-corrected chi connectivity index (χ2v) is 4.77. The van der Waals surface area contributed by atoms with Gasteiger partial charge < -0.3 is 15.2 Å². The van der Waals surface area contributed by atoms with Gasteiger partial charge >= 0.3 is 5.97 Å². The van der Waals surface area contributed by atoms with Crippen molar-refractivity contribution in [3.05, 3.63) is 22.8 Å². The molecule has 1 aromatic rings. The molecular formula is C12H15ClN2O3. The highest BCUT2D eigenvalue weighted by Crippen LogP contribution is 2.22. The molecule has 1 aliphatic heterocycles. The van der Waals surface area contributed by atoms with E-state index >= 15 is 0 Å². The molecule has 0 bridgehead atoms. The first-order valence-corrected chi connectivity index (χ1v) is 6.22. The van der Waals surface area contributed by atoms with E-state index in [9.17, 15) is 4.79 Å². The second-order valence-electron chi connectivity index (χ2n) is 4.38. The van der Waals surface area contributed by atoms with Gasteiger partial charge in [-0.3, -0.25) is 0 Å². The van der Waals surface area contributed by atoms with Crippen molar-refractivity contribution in [2.24, 2.45) is 0 Å². The first-order valence-electron chi connectivity index (χ1n) is 5.84. The summed E-state index contributed by atoms with van der Waals surface area (Å²) in [7, 11) is 0. The summed E-state index contributed by atoms with van der Waals surface area (Å²) in [6.07, 6.45) is 1.83. The van der Waals surface area contributed by atoms with Crippen LogP contribution in [0.1, 0.15) is 30.1 Å². The Morgan fingerprint density at radius 2 is 2.39 bits per heavy atom. The lowest BCUT2D eigenvalue weighted by atomic mass is 10.0. The van der Waals surface area contributed by atoms with Crippen LogP contribution in [0.4, 0.5) is 5.82 Å². The van der Waals surface area contributed by atoms with Crippen LogP contribution in [0.15, 0.2) is 12.1 Å². The third-order valence-corrected chi connectivity index (χ3v) is 3.13. The lowest BCUT2D eigenvalue weighted by molar-refractivity contribution is 0.0231. The topological polar surface area (TPSA) is 71.5 Å². The Morgan fingerprint density at radius 3 is 3.06 bits per heavy atom. The van der Waals surface area contributed by atoms with Gasteiger partial charge in [-0.1, -0.05) is 11.6 Å². The fourth-order valence-corrected chi connectivity index (χ4v) is 2.19. The smallest absolute Gasteiger partial charge is 0.339 e. The number of nitrogens with one attached hydrogen (secondary N) is 1. The standard InChI is InChI=1S/C12H15ClN2O3/c1-7-6-8(4-5-18-7)14-11-9(12(16)17)2-3-10(13)15-11/h2-3,7-8H,4-6H2,1H3,(H,14,15)(H,16,17). The summed E-state index contributed by atoms with van der Waals surface area (Å²) < 4.78 is 5.44. The maximum absolute atomic E-state index is 11.1. The molecule has 1 fully saturated rings. The molecule has 6 heteroatoms. The zero-order chi connectivity index (χ0) is 13.1. The van der Waals surface area contributed by atoms with Gasteiger partial charge in [0.2, 0.25) is 0 Å². The molecule has 1 aromatic heterocycles. The number of carbonyl (C=O) groups is 1. The number of hydrogen-bond acceptors (Lipinski definition) is 4. The maximum atomic E-state index is 11.1. The number of aromatic nitrogens is 1. The third-order valence-electron chi connectivity index (χ3n) is 2.92. The largest absolute Gasteiger partial charge is 0.478 e. The van der Waals surface area contributed by atoms with E-state index < -0.39 is 5.97 Å². The molecule has 2 atom stereocenters. The van der Waals surface area contributed by atoms with Crippen LogP contribution in [0.25, 0.3) is 0 Å². The van der Waals surface area contributed by atoms with Gasteiger partial charge in [-0.15, -0.1) is 0 Å². The van der Waals surface area contributed by atoms with Gasteiger partial charge in [0.25, 0.3) is 0 Å². The quantitative estimate of drug-likeness (QED) is 0.826. The minimum atomic E-state index is -1.01. The molecule has 0 saturated carbocycles. The average Bonchev–Trinajstić information content (AvgIpc) is 2.28. The van der Waals surface area contributed by atoms with Crippen LogP contribution in [0, 0.1) is 0 Å². The number of pyridine rings is 1. The molecule has 0 aromatic carbocycles. The normalized spacial score (nSPS) is 23.7. The van der Waals surface area contributed by atoms with Crippen LogP contribution in [-0.2, 0) is 4.74 Å². The highest BCUT2D eigenvalue weighted by atomic mass is 35.5. The van der Waals surface area contributed by atoms with E-state index in [-0.39, 0.29) is 22.9 Å². The molecule has 0 spiro atoms. The first-order chi connectivity index (χ1) is 8.56. The van der Waals surface area contributed by atoms with Crippen molar-refractivity contribution in [2.75, 3.05) is 11.9 Å². The monoisotopic (exact) mass is 270 g/mol.